The molecule has 2 heterocycles. The fraction of sp³-hybridized carbons (Fsp3) is 0.474. The molecule has 1 aromatic carbocycles. The number of methoxy groups -OCH3 is 1. The standard InChI is InChI=1S/C19H26N4O2S/c1-14-18(26-17(20-14)13-21(2)3)19(24)23-11-9-22(10-12-23)15-5-7-16(25-4)8-6-15/h5-8H,9-13H2,1-4H3. The van der Waals surface area contributed by atoms with Crippen molar-refractivity contribution in [3.05, 3.63) is 39.8 Å². The van der Waals surface area contributed by atoms with E-state index < -0.39 is 0 Å². The minimum atomic E-state index is 0.111. The van der Waals surface area contributed by atoms with Crippen LogP contribution in [0.3, 0.4) is 0 Å². The number of piperazine rings is 1. The Bertz CT molecular complexity index is 749. The van der Waals surface area contributed by atoms with Crippen LogP contribution in [0.1, 0.15) is 20.4 Å². The van der Waals surface area contributed by atoms with E-state index in [1.807, 2.05) is 38.1 Å². The molecule has 1 amide bonds. The van der Waals surface area contributed by atoms with Gasteiger partial charge >= 0.3 is 0 Å². The quantitative estimate of drug-likeness (QED) is 0.805. The van der Waals surface area contributed by atoms with Crippen molar-refractivity contribution in [3.8, 4) is 5.75 Å². The van der Waals surface area contributed by atoms with Gasteiger partial charge in [0.15, 0.2) is 0 Å². The number of nitrogens with zero attached hydrogens (tertiary/aromatic N) is 4. The molecule has 0 radical (unpaired) electrons. The maximum absolute atomic E-state index is 12.9. The van der Waals surface area contributed by atoms with Crippen LogP contribution in [0.4, 0.5) is 5.69 Å². The number of carbonyl (C=O) groups excluding carboxylic acids is 1. The van der Waals surface area contributed by atoms with Gasteiger partial charge in [-0.25, -0.2) is 4.98 Å². The predicted molar refractivity (Wildman–Crippen MR) is 105 cm³/mol. The first-order valence-electron chi connectivity index (χ1n) is 8.77. The van der Waals surface area contributed by atoms with Crippen LogP contribution in [-0.2, 0) is 6.54 Å². The summed E-state index contributed by atoms with van der Waals surface area (Å²) in [5.74, 6) is 0.969. The van der Waals surface area contributed by atoms with Gasteiger partial charge in [-0.05, 0) is 45.3 Å². The van der Waals surface area contributed by atoms with Crippen molar-refractivity contribution in [1.82, 2.24) is 14.8 Å². The van der Waals surface area contributed by atoms with Crippen LogP contribution in [-0.4, -0.2) is 68.1 Å². The molecule has 0 N–H and O–H groups in total. The van der Waals surface area contributed by atoms with Crippen molar-refractivity contribution >= 4 is 22.9 Å². The summed E-state index contributed by atoms with van der Waals surface area (Å²) in [6, 6.07) is 8.08. The van der Waals surface area contributed by atoms with Gasteiger partial charge in [-0.2, -0.15) is 0 Å². The van der Waals surface area contributed by atoms with Crippen LogP contribution in [0.5, 0.6) is 5.75 Å². The second kappa shape index (κ2) is 8.05. The molecule has 26 heavy (non-hydrogen) atoms. The molecule has 7 heteroatoms. The van der Waals surface area contributed by atoms with E-state index in [1.165, 1.54) is 17.0 Å². The van der Waals surface area contributed by atoms with Gasteiger partial charge in [-0.15, -0.1) is 11.3 Å². The molecule has 3 rings (SSSR count). The van der Waals surface area contributed by atoms with Gasteiger partial charge in [0.2, 0.25) is 0 Å². The molecule has 2 aromatic rings. The molecule has 1 aliphatic heterocycles. The molecular weight excluding hydrogens is 348 g/mol. The Hall–Kier alpha value is -2.12. The topological polar surface area (TPSA) is 48.9 Å². The van der Waals surface area contributed by atoms with Gasteiger partial charge in [-0.3, -0.25) is 4.79 Å². The van der Waals surface area contributed by atoms with Crippen molar-refractivity contribution < 1.29 is 9.53 Å². The molecule has 1 aromatic heterocycles. The minimum absolute atomic E-state index is 0.111. The second-order valence-corrected chi connectivity index (χ2v) is 7.82. The van der Waals surface area contributed by atoms with Gasteiger partial charge in [-0.1, -0.05) is 0 Å². The van der Waals surface area contributed by atoms with E-state index in [9.17, 15) is 4.79 Å². The summed E-state index contributed by atoms with van der Waals surface area (Å²) in [4.78, 5) is 24.5. The third-order valence-corrected chi connectivity index (χ3v) is 5.62. The summed E-state index contributed by atoms with van der Waals surface area (Å²) >= 11 is 1.52. The average molecular weight is 375 g/mol. The molecule has 140 valence electrons. The molecule has 0 atom stereocenters. The zero-order chi connectivity index (χ0) is 18.7. The van der Waals surface area contributed by atoms with Crippen LogP contribution >= 0.6 is 11.3 Å². The Kier molecular flexibility index (Phi) is 5.78. The van der Waals surface area contributed by atoms with Crippen LogP contribution < -0.4 is 9.64 Å². The highest BCUT2D eigenvalue weighted by Gasteiger charge is 2.25. The lowest BCUT2D eigenvalue weighted by molar-refractivity contribution is 0.0750. The Morgan fingerprint density at radius 3 is 2.42 bits per heavy atom. The van der Waals surface area contributed by atoms with Gasteiger partial charge in [0.25, 0.3) is 5.91 Å². The van der Waals surface area contributed by atoms with E-state index in [0.29, 0.717) is 0 Å². The first kappa shape index (κ1) is 18.7. The van der Waals surface area contributed by atoms with Crippen molar-refractivity contribution in [2.24, 2.45) is 0 Å². The summed E-state index contributed by atoms with van der Waals surface area (Å²) in [5.41, 5.74) is 2.01. The van der Waals surface area contributed by atoms with E-state index in [0.717, 1.165) is 54.1 Å². The number of benzene rings is 1. The van der Waals surface area contributed by atoms with Crippen molar-refractivity contribution in [1.29, 1.82) is 0 Å². The number of anilines is 1. The fourth-order valence-electron chi connectivity index (χ4n) is 3.09. The molecule has 6 nitrogen and oxygen atoms in total. The molecule has 0 saturated carbocycles. The largest absolute Gasteiger partial charge is 0.497 e. The number of amides is 1. The summed E-state index contributed by atoms with van der Waals surface area (Å²) in [5, 5.41) is 0.993. The second-order valence-electron chi connectivity index (χ2n) is 6.74. The van der Waals surface area contributed by atoms with Crippen molar-refractivity contribution in [2.75, 3.05) is 52.3 Å². The lowest BCUT2D eigenvalue weighted by Crippen LogP contribution is -2.48. The number of thiazole rings is 1. The maximum atomic E-state index is 12.9. The highest BCUT2D eigenvalue weighted by molar-refractivity contribution is 7.13. The molecule has 0 bridgehead atoms. The monoisotopic (exact) mass is 374 g/mol. The zero-order valence-electron chi connectivity index (χ0n) is 15.9. The van der Waals surface area contributed by atoms with Crippen LogP contribution in [0.25, 0.3) is 0 Å². The molecule has 0 unspecified atom stereocenters. The number of hydrogen-bond acceptors (Lipinski definition) is 6. The number of rotatable bonds is 5. The molecule has 1 fully saturated rings. The Labute approximate surface area is 159 Å². The van der Waals surface area contributed by atoms with E-state index >= 15 is 0 Å². The van der Waals surface area contributed by atoms with E-state index in [1.54, 1.807) is 7.11 Å². The summed E-state index contributed by atoms with van der Waals surface area (Å²) in [6.45, 7) is 5.82. The van der Waals surface area contributed by atoms with Crippen molar-refractivity contribution in [3.63, 3.8) is 0 Å². The van der Waals surface area contributed by atoms with E-state index in [2.05, 4.69) is 26.9 Å². The zero-order valence-corrected chi connectivity index (χ0v) is 16.7. The van der Waals surface area contributed by atoms with Gasteiger partial charge < -0.3 is 19.4 Å². The fourth-order valence-corrected chi connectivity index (χ4v) is 4.24. The van der Waals surface area contributed by atoms with Crippen LogP contribution in [0, 0.1) is 6.92 Å². The highest BCUT2D eigenvalue weighted by atomic mass is 32.1. The van der Waals surface area contributed by atoms with Gasteiger partial charge in [0, 0.05) is 38.4 Å². The Morgan fingerprint density at radius 2 is 1.85 bits per heavy atom. The summed E-state index contributed by atoms with van der Waals surface area (Å²) in [6.07, 6.45) is 0. The third-order valence-electron chi connectivity index (χ3n) is 4.49. The number of aryl methyl sites for hydroxylation is 1. The first-order chi connectivity index (χ1) is 12.5. The molecule has 1 aliphatic rings. The molecular formula is C19H26N4O2S. The van der Waals surface area contributed by atoms with Gasteiger partial charge in [0.05, 0.1) is 12.8 Å². The number of aromatic nitrogens is 1. The minimum Gasteiger partial charge on any atom is -0.497 e. The number of carbonyl (C=O) groups is 1. The normalized spacial score (nSPS) is 14.8. The SMILES string of the molecule is COc1ccc(N2CCN(C(=O)c3sc(CN(C)C)nc3C)CC2)cc1. The molecule has 1 saturated heterocycles. The smallest absolute Gasteiger partial charge is 0.265 e. The van der Waals surface area contributed by atoms with E-state index in [4.69, 9.17) is 4.74 Å². The number of ether oxygens (including phenoxy) is 1. The average Bonchev–Trinajstić information content (AvgIpc) is 3.00. The molecule has 0 aliphatic carbocycles. The maximum Gasteiger partial charge on any atom is 0.265 e. The Morgan fingerprint density at radius 1 is 1.19 bits per heavy atom. The molecule has 0 spiro atoms. The lowest BCUT2D eigenvalue weighted by atomic mass is 10.2. The van der Waals surface area contributed by atoms with E-state index in [-0.39, 0.29) is 5.91 Å². The summed E-state index contributed by atoms with van der Waals surface area (Å²) < 4.78 is 5.21. The predicted octanol–water partition coefficient (Wildman–Crippen LogP) is 2.48. The Balaban J connectivity index is 1.62. The number of hydrogen-bond donors (Lipinski definition) is 0. The van der Waals surface area contributed by atoms with Crippen molar-refractivity contribution in [2.45, 2.75) is 13.5 Å². The lowest BCUT2D eigenvalue weighted by Gasteiger charge is -2.36. The third kappa shape index (κ3) is 4.16. The first-order valence-corrected chi connectivity index (χ1v) is 9.59. The van der Waals surface area contributed by atoms with Crippen LogP contribution in [0.2, 0.25) is 0 Å². The summed E-state index contributed by atoms with van der Waals surface area (Å²) in [7, 11) is 5.69. The van der Waals surface area contributed by atoms with Gasteiger partial charge in [0.1, 0.15) is 15.6 Å². The van der Waals surface area contributed by atoms with Crippen LogP contribution in [0.15, 0.2) is 24.3 Å². The highest BCUT2D eigenvalue weighted by Crippen LogP contribution is 2.24.